The molecule has 4 heteroatoms. The van der Waals surface area contributed by atoms with Gasteiger partial charge in [0.25, 0.3) is 0 Å². The zero-order valence-corrected chi connectivity index (χ0v) is 8.37. The maximum atomic E-state index is 11.0. The number of hydrogen-bond acceptors (Lipinski definition) is 2. The van der Waals surface area contributed by atoms with Crippen LogP contribution in [0.5, 0.6) is 0 Å². The standard InChI is InChI=1S/C10H14N2O2/c1-6(2)7-5-11-8(12-7)10(3-4-10)9(13)14/h5-6H,3-4H2,1-2H3,(H,11,12)(H,13,14). The van der Waals surface area contributed by atoms with Gasteiger partial charge in [0.15, 0.2) is 0 Å². The molecule has 1 aromatic rings. The fourth-order valence-corrected chi connectivity index (χ4v) is 1.55. The second-order valence-corrected chi connectivity index (χ2v) is 4.23. The molecule has 1 aromatic heterocycles. The Hall–Kier alpha value is -1.32. The van der Waals surface area contributed by atoms with E-state index in [1.807, 2.05) is 0 Å². The normalized spacial score (nSPS) is 18.5. The van der Waals surface area contributed by atoms with Gasteiger partial charge in [0.2, 0.25) is 0 Å². The van der Waals surface area contributed by atoms with Crippen LogP contribution in [0.3, 0.4) is 0 Å². The minimum Gasteiger partial charge on any atom is -0.480 e. The Balaban J connectivity index is 2.30. The number of aromatic amines is 1. The SMILES string of the molecule is CC(C)c1cnc(C2(C(=O)O)CC2)[nH]1. The summed E-state index contributed by atoms with van der Waals surface area (Å²) in [5, 5.41) is 9.05. The van der Waals surface area contributed by atoms with Crippen LogP contribution >= 0.6 is 0 Å². The third kappa shape index (κ3) is 1.22. The zero-order chi connectivity index (χ0) is 10.3. The number of aromatic nitrogens is 2. The molecule has 1 aliphatic rings. The molecule has 0 radical (unpaired) electrons. The van der Waals surface area contributed by atoms with Crippen LogP contribution in [-0.4, -0.2) is 21.0 Å². The van der Waals surface area contributed by atoms with E-state index in [0.29, 0.717) is 24.6 Å². The van der Waals surface area contributed by atoms with Gasteiger partial charge in [-0.3, -0.25) is 4.79 Å². The average Bonchev–Trinajstić information content (AvgIpc) is 2.77. The molecule has 0 aliphatic heterocycles. The van der Waals surface area contributed by atoms with Crippen molar-refractivity contribution < 1.29 is 9.90 Å². The monoisotopic (exact) mass is 194 g/mol. The van der Waals surface area contributed by atoms with Crippen molar-refractivity contribution >= 4 is 5.97 Å². The molecular weight excluding hydrogens is 180 g/mol. The van der Waals surface area contributed by atoms with E-state index < -0.39 is 11.4 Å². The van der Waals surface area contributed by atoms with Crippen LogP contribution in [0.4, 0.5) is 0 Å². The summed E-state index contributed by atoms with van der Waals surface area (Å²) in [6.45, 7) is 4.11. The zero-order valence-electron chi connectivity index (χ0n) is 8.37. The highest BCUT2D eigenvalue weighted by Crippen LogP contribution is 2.47. The highest BCUT2D eigenvalue weighted by atomic mass is 16.4. The lowest BCUT2D eigenvalue weighted by Gasteiger charge is -2.05. The van der Waals surface area contributed by atoms with E-state index in [-0.39, 0.29) is 0 Å². The molecular formula is C10H14N2O2. The first kappa shape index (κ1) is 9.24. The van der Waals surface area contributed by atoms with E-state index in [4.69, 9.17) is 5.11 Å². The number of carboxylic acid groups (broad SMARTS) is 1. The van der Waals surface area contributed by atoms with Crippen LogP contribution in [0.1, 0.15) is 44.1 Å². The van der Waals surface area contributed by atoms with Crippen molar-refractivity contribution in [2.75, 3.05) is 0 Å². The van der Waals surface area contributed by atoms with Crippen LogP contribution in [0.25, 0.3) is 0 Å². The van der Waals surface area contributed by atoms with E-state index >= 15 is 0 Å². The summed E-state index contributed by atoms with van der Waals surface area (Å²) in [4.78, 5) is 18.3. The lowest BCUT2D eigenvalue weighted by molar-refractivity contribution is -0.140. The van der Waals surface area contributed by atoms with E-state index in [2.05, 4.69) is 23.8 Å². The van der Waals surface area contributed by atoms with Gasteiger partial charge in [-0.25, -0.2) is 4.98 Å². The predicted octanol–water partition coefficient (Wildman–Crippen LogP) is 1.65. The third-order valence-corrected chi connectivity index (χ3v) is 2.83. The van der Waals surface area contributed by atoms with Gasteiger partial charge in [-0.2, -0.15) is 0 Å². The summed E-state index contributed by atoms with van der Waals surface area (Å²) in [6, 6.07) is 0. The number of hydrogen-bond donors (Lipinski definition) is 2. The van der Waals surface area contributed by atoms with Crippen molar-refractivity contribution in [3.63, 3.8) is 0 Å². The minimum atomic E-state index is -0.762. The quantitative estimate of drug-likeness (QED) is 0.768. The maximum absolute atomic E-state index is 11.0. The number of carbonyl (C=O) groups is 1. The Morgan fingerprint density at radius 3 is 2.64 bits per heavy atom. The molecule has 0 amide bonds. The van der Waals surface area contributed by atoms with Crippen molar-refractivity contribution in [2.45, 2.75) is 38.0 Å². The molecule has 14 heavy (non-hydrogen) atoms. The highest BCUT2D eigenvalue weighted by Gasteiger charge is 2.54. The van der Waals surface area contributed by atoms with Gasteiger partial charge in [0, 0.05) is 11.9 Å². The summed E-state index contributed by atoms with van der Waals surface area (Å²) < 4.78 is 0. The molecule has 2 N–H and O–H groups in total. The first-order chi connectivity index (χ1) is 6.56. The third-order valence-electron chi connectivity index (χ3n) is 2.83. The molecule has 1 heterocycles. The molecule has 1 fully saturated rings. The maximum Gasteiger partial charge on any atom is 0.317 e. The van der Waals surface area contributed by atoms with Gasteiger partial charge >= 0.3 is 5.97 Å². The molecule has 1 aliphatic carbocycles. The largest absolute Gasteiger partial charge is 0.480 e. The van der Waals surface area contributed by atoms with Crippen molar-refractivity contribution in [1.82, 2.24) is 9.97 Å². The van der Waals surface area contributed by atoms with Crippen molar-refractivity contribution in [3.05, 3.63) is 17.7 Å². The fourth-order valence-electron chi connectivity index (χ4n) is 1.55. The molecule has 0 atom stereocenters. The summed E-state index contributed by atoms with van der Waals surface area (Å²) in [5.74, 6) is 0.219. The van der Waals surface area contributed by atoms with Crippen molar-refractivity contribution in [3.8, 4) is 0 Å². The molecule has 0 spiro atoms. The molecule has 76 valence electrons. The number of rotatable bonds is 3. The predicted molar refractivity (Wildman–Crippen MR) is 51.2 cm³/mol. The second-order valence-electron chi connectivity index (χ2n) is 4.23. The molecule has 0 unspecified atom stereocenters. The number of nitrogens with zero attached hydrogens (tertiary/aromatic N) is 1. The van der Waals surface area contributed by atoms with Crippen LogP contribution in [0.15, 0.2) is 6.20 Å². The summed E-state index contributed by atoms with van der Waals surface area (Å²) >= 11 is 0. The number of H-pyrrole nitrogens is 1. The Kier molecular flexibility index (Phi) is 1.87. The van der Waals surface area contributed by atoms with E-state index in [1.165, 1.54) is 0 Å². The van der Waals surface area contributed by atoms with Crippen LogP contribution in [0, 0.1) is 0 Å². The van der Waals surface area contributed by atoms with Crippen LogP contribution in [0.2, 0.25) is 0 Å². The number of aliphatic carboxylic acids is 1. The second kappa shape index (κ2) is 2.83. The molecule has 0 aromatic carbocycles. The van der Waals surface area contributed by atoms with E-state index in [1.54, 1.807) is 6.20 Å². The lowest BCUT2D eigenvalue weighted by atomic mass is 10.1. The van der Waals surface area contributed by atoms with Crippen LogP contribution < -0.4 is 0 Å². The molecule has 1 saturated carbocycles. The number of nitrogens with one attached hydrogen (secondary N) is 1. The van der Waals surface area contributed by atoms with Gasteiger partial charge in [-0.05, 0) is 18.8 Å². The Bertz CT molecular complexity index is 364. The topological polar surface area (TPSA) is 66.0 Å². The van der Waals surface area contributed by atoms with Crippen molar-refractivity contribution in [1.29, 1.82) is 0 Å². The van der Waals surface area contributed by atoms with Gasteiger partial charge in [-0.1, -0.05) is 13.8 Å². The molecule has 4 nitrogen and oxygen atoms in total. The number of imidazole rings is 1. The first-order valence-electron chi connectivity index (χ1n) is 4.85. The summed E-state index contributed by atoms with van der Waals surface area (Å²) in [6.07, 6.45) is 3.14. The van der Waals surface area contributed by atoms with Gasteiger partial charge in [-0.15, -0.1) is 0 Å². The average molecular weight is 194 g/mol. The highest BCUT2D eigenvalue weighted by molar-refractivity contribution is 5.83. The van der Waals surface area contributed by atoms with E-state index in [9.17, 15) is 4.79 Å². The fraction of sp³-hybridized carbons (Fsp3) is 0.600. The first-order valence-corrected chi connectivity index (χ1v) is 4.85. The van der Waals surface area contributed by atoms with Gasteiger partial charge < -0.3 is 10.1 Å². The van der Waals surface area contributed by atoms with Crippen molar-refractivity contribution in [2.24, 2.45) is 0 Å². The van der Waals surface area contributed by atoms with Gasteiger partial charge in [0.05, 0.1) is 0 Å². The Morgan fingerprint density at radius 2 is 2.29 bits per heavy atom. The van der Waals surface area contributed by atoms with Crippen LogP contribution in [-0.2, 0) is 10.2 Å². The smallest absolute Gasteiger partial charge is 0.317 e. The van der Waals surface area contributed by atoms with E-state index in [0.717, 1.165) is 5.69 Å². The molecule has 2 rings (SSSR count). The Morgan fingerprint density at radius 1 is 1.64 bits per heavy atom. The number of carboxylic acids is 1. The summed E-state index contributed by atoms with van der Waals surface area (Å²) in [7, 11) is 0. The minimum absolute atomic E-state index is 0.362. The van der Waals surface area contributed by atoms with Gasteiger partial charge in [0.1, 0.15) is 11.2 Å². The Labute approximate surface area is 82.4 Å². The summed E-state index contributed by atoms with van der Waals surface area (Å²) in [5.41, 5.74) is 0.306. The molecule has 0 saturated heterocycles. The lowest BCUT2D eigenvalue weighted by Crippen LogP contribution is -2.21. The molecule has 0 bridgehead atoms.